The van der Waals surface area contributed by atoms with E-state index in [-0.39, 0.29) is 17.7 Å². The molecule has 5 rings (SSSR count). The molecule has 0 bridgehead atoms. The maximum absolute atomic E-state index is 12.7. The zero-order valence-corrected chi connectivity index (χ0v) is 26.5. The Balaban J connectivity index is 1.10. The number of likely N-dealkylation sites (N-methyl/N-ethyl adjacent to an activating group) is 1. The second-order valence-electron chi connectivity index (χ2n) is 11.9. The van der Waals surface area contributed by atoms with E-state index in [4.69, 9.17) is 9.47 Å². The van der Waals surface area contributed by atoms with Gasteiger partial charge in [-0.2, -0.15) is 0 Å². The number of carbonyl (C=O) groups excluding carboxylic acids is 1. The van der Waals surface area contributed by atoms with Crippen molar-refractivity contribution < 1.29 is 14.3 Å². The lowest BCUT2D eigenvalue weighted by molar-refractivity contribution is 0.0137. The number of nitrogens with one attached hydrogen (secondary N) is 1. The number of hydrogen-bond donors (Lipinski definition) is 1. The van der Waals surface area contributed by atoms with Gasteiger partial charge < -0.3 is 24.6 Å². The van der Waals surface area contributed by atoms with Gasteiger partial charge in [-0.25, -0.2) is 9.78 Å². The van der Waals surface area contributed by atoms with E-state index in [2.05, 4.69) is 67.3 Å². The number of ether oxygens (including phenoxy) is 2. The van der Waals surface area contributed by atoms with Gasteiger partial charge in [-0.05, 0) is 73.8 Å². The Bertz CT molecular complexity index is 1400. The minimum atomic E-state index is -0.473. The summed E-state index contributed by atoms with van der Waals surface area (Å²) in [6.45, 7) is 11.9. The number of carbonyl (C=O) groups is 1. The van der Waals surface area contributed by atoms with E-state index in [0.717, 1.165) is 44.9 Å². The number of piperidine rings is 1. The molecule has 2 fully saturated rings. The van der Waals surface area contributed by atoms with Crippen molar-refractivity contribution in [2.24, 2.45) is 0 Å². The first-order valence-electron chi connectivity index (χ1n) is 14.1. The number of anilines is 1. The van der Waals surface area contributed by atoms with Crippen molar-refractivity contribution in [3.05, 3.63) is 56.2 Å². The second kappa shape index (κ2) is 12.7. The van der Waals surface area contributed by atoms with Crippen LogP contribution in [0.3, 0.4) is 0 Å². The lowest BCUT2D eigenvalue weighted by atomic mass is 9.88. The van der Waals surface area contributed by atoms with Crippen molar-refractivity contribution in [2.45, 2.75) is 44.8 Å². The van der Waals surface area contributed by atoms with Crippen LogP contribution in [0.2, 0.25) is 0 Å². The molecule has 2 aromatic heterocycles. The molecule has 0 aliphatic carbocycles. The molecule has 2 atom stereocenters. The highest BCUT2D eigenvalue weighted by Crippen LogP contribution is 2.30. The first-order valence-corrected chi connectivity index (χ1v) is 15.8. The van der Waals surface area contributed by atoms with Gasteiger partial charge in [0.15, 0.2) is 4.96 Å². The van der Waals surface area contributed by atoms with Crippen LogP contribution in [0, 0.1) is 0 Å². The number of aromatic nitrogens is 2. The van der Waals surface area contributed by atoms with Gasteiger partial charge in [0.05, 0.1) is 0 Å². The van der Waals surface area contributed by atoms with Crippen LogP contribution in [0.25, 0.3) is 4.96 Å². The van der Waals surface area contributed by atoms with Gasteiger partial charge >= 0.3 is 6.09 Å². The topological polar surface area (TPSA) is 91.7 Å². The fourth-order valence-electron chi connectivity index (χ4n) is 5.42. The highest BCUT2D eigenvalue weighted by atomic mass is 79.9. The second-order valence-corrected chi connectivity index (χ2v) is 13.5. The summed E-state index contributed by atoms with van der Waals surface area (Å²) in [5, 5.41) is 5.39. The Morgan fingerprint density at radius 1 is 1.15 bits per heavy atom. The predicted octanol–water partition coefficient (Wildman–Crippen LogP) is 4.35. The molecule has 0 radical (unpaired) electrons. The van der Waals surface area contributed by atoms with Crippen LogP contribution in [-0.2, 0) is 4.74 Å². The molecular weight excluding hydrogens is 608 g/mol. The molecule has 1 aromatic carbocycles. The first-order chi connectivity index (χ1) is 19.6. The highest BCUT2D eigenvalue weighted by molar-refractivity contribution is 9.10. The number of piperazine rings is 1. The molecule has 2 saturated heterocycles. The lowest BCUT2D eigenvalue weighted by Crippen LogP contribution is -2.50. The fourth-order valence-corrected chi connectivity index (χ4v) is 6.52. The monoisotopic (exact) mass is 646 g/mol. The Labute approximate surface area is 253 Å². The van der Waals surface area contributed by atoms with Gasteiger partial charge in [0.25, 0.3) is 5.56 Å². The maximum Gasteiger partial charge on any atom is 0.410 e. The Morgan fingerprint density at radius 3 is 2.59 bits per heavy atom. The molecule has 2 aliphatic rings. The number of rotatable bonds is 7. The van der Waals surface area contributed by atoms with Crippen LogP contribution in [0.5, 0.6) is 5.75 Å². The van der Waals surface area contributed by atoms with Crippen molar-refractivity contribution in [3.63, 3.8) is 0 Å². The molecule has 4 heterocycles. The molecule has 0 spiro atoms. The van der Waals surface area contributed by atoms with Gasteiger partial charge in [-0.15, -0.1) is 11.3 Å². The minimum absolute atomic E-state index is 0.0990. The van der Waals surface area contributed by atoms with E-state index in [1.165, 1.54) is 16.9 Å². The van der Waals surface area contributed by atoms with Crippen LogP contribution in [0.4, 0.5) is 10.6 Å². The summed E-state index contributed by atoms with van der Waals surface area (Å²) < 4.78 is 13.6. The third-order valence-corrected chi connectivity index (χ3v) is 8.91. The van der Waals surface area contributed by atoms with E-state index >= 15 is 0 Å². The predicted molar refractivity (Wildman–Crippen MR) is 165 cm³/mol. The molecule has 12 heteroatoms. The standard InChI is InChI=1S/C29H39BrN6O4S/c1-29(2,3)40-28(38)35-11-9-34(10-12-35)13-15-39-23-7-5-20(6-8-23)21-17-22(19-33(4)18-21)31-25-24(30)26(37)36-14-16-41-27(36)32-25/h5-8,14,16,21-22,31H,9-13,15,17-19H2,1-4H3/t21-,22+/m0/s1. The molecule has 3 aromatic rings. The third-order valence-electron chi connectivity index (χ3n) is 7.44. The number of thiazole rings is 1. The molecule has 2 aliphatic heterocycles. The summed E-state index contributed by atoms with van der Waals surface area (Å²) in [4.78, 5) is 36.7. The SMILES string of the molecule is CN1C[C@H](Nc2nc3sccn3c(=O)c2Br)C[C@H](c2ccc(OCCN3CCN(C(=O)OC(C)(C)C)CC3)cc2)C1. The minimum Gasteiger partial charge on any atom is -0.492 e. The number of halogens is 1. The maximum atomic E-state index is 12.7. The molecular formula is C29H39BrN6O4S. The van der Waals surface area contributed by atoms with Crippen LogP contribution >= 0.6 is 27.3 Å². The molecule has 0 saturated carbocycles. The van der Waals surface area contributed by atoms with E-state index in [1.54, 1.807) is 15.5 Å². The molecule has 1 amide bonds. The zero-order valence-electron chi connectivity index (χ0n) is 24.1. The zero-order chi connectivity index (χ0) is 29.1. The number of hydrogen-bond acceptors (Lipinski definition) is 9. The van der Waals surface area contributed by atoms with Crippen molar-refractivity contribution in [1.82, 2.24) is 24.1 Å². The van der Waals surface area contributed by atoms with Crippen LogP contribution in [0.15, 0.2) is 45.1 Å². The average molecular weight is 648 g/mol. The van der Waals surface area contributed by atoms with Gasteiger partial charge in [-0.3, -0.25) is 14.1 Å². The van der Waals surface area contributed by atoms with E-state index in [1.807, 2.05) is 26.2 Å². The van der Waals surface area contributed by atoms with Crippen molar-refractivity contribution >= 4 is 44.1 Å². The summed E-state index contributed by atoms with van der Waals surface area (Å²) in [7, 11) is 2.13. The normalized spacial score (nSPS) is 20.8. The highest BCUT2D eigenvalue weighted by Gasteiger charge is 2.28. The molecule has 41 heavy (non-hydrogen) atoms. The van der Waals surface area contributed by atoms with E-state index < -0.39 is 5.60 Å². The molecule has 1 N–H and O–H groups in total. The van der Waals surface area contributed by atoms with Crippen molar-refractivity contribution in [2.75, 3.05) is 64.8 Å². The quantitative estimate of drug-likeness (QED) is 0.405. The average Bonchev–Trinajstić information content (AvgIpc) is 3.40. The largest absolute Gasteiger partial charge is 0.492 e. The Kier molecular flexibility index (Phi) is 9.22. The van der Waals surface area contributed by atoms with Gasteiger partial charge in [0.1, 0.15) is 28.2 Å². The fraction of sp³-hybridized carbons (Fsp3) is 0.552. The molecule has 0 unspecified atom stereocenters. The summed E-state index contributed by atoms with van der Waals surface area (Å²) in [5.74, 6) is 1.82. The van der Waals surface area contributed by atoms with Crippen LogP contribution in [-0.4, -0.2) is 101 Å². The van der Waals surface area contributed by atoms with E-state index in [9.17, 15) is 9.59 Å². The van der Waals surface area contributed by atoms with Crippen molar-refractivity contribution in [1.29, 1.82) is 0 Å². The summed E-state index contributed by atoms with van der Waals surface area (Å²) in [5.41, 5.74) is 0.701. The van der Waals surface area contributed by atoms with Gasteiger partial charge in [0.2, 0.25) is 0 Å². The number of benzene rings is 1. The summed E-state index contributed by atoms with van der Waals surface area (Å²) in [6.07, 6.45) is 2.45. The first kappa shape index (κ1) is 29.8. The van der Waals surface area contributed by atoms with Crippen LogP contribution in [0.1, 0.15) is 38.7 Å². The lowest BCUT2D eigenvalue weighted by Gasteiger charge is -2.36. The molecule has 222 valence electrons. The number of likely N-dealkylation sites (tertiary alicyclic amines) is 1. The van der Waals surface area contributed by atoms with Crippen LogP contribution < -0.4 is 15.6 Å². The van der Waals surface area contributed by atoms with Gasteiger partial charge in [-0.1, -0.05) is 12.1 Å². The smallest absolute Gasteiger partial charge is 0.410 e. The van der Waals surface area contributed by atoms with Crippen molar-refractivity contribution in [3.8, 4) is 5.75 Å². The summed E-state index contributed by atoms with van der Waals surface area (Å²) >= 11 is 4.90. The van der Waals surface area contributed by atoms with E-state index in [0.29, 0.717) is 40.9 Å². The molecule has 10 nitrogen and oxygen atoms in total. The number of fused-ring (bicyclic) bond motifs is 1. The third kappa shape index (κ3) is 7.59. The number of nitrogens with zero attached hydrogens (tertiary/aromatic N) is 5. The Hall–Kier alpha value is -2.67. The number of amides is 1. The summed E-state index contributed by atoms with van der Waals surface area (Å²) in [6, 6.07) is 8.59. The van der Waals surface area contributed by atoms with Gasteiger partial charge in [0, 0.05) is 63.4 Å². The Morgan fingerprint density at radius 2 is 1.88 bits per heavy atom.